The molecule has 2 rings (SSSR count). The van der Waals surface area contributed by atoms with Crippen LogP contribution >= 0.6 is 0 Å². The predicted octanol–water partition coefficient (Wildman–Crippen LogP) is 4.76. The first-order valence-corrected chi connectivity index (χ1v) is 6.85. The first kappa shape index (κ1) is 14.7. The number of nitrogens with zero attached hydrogens (tertiary/aromatic N) is 4. The van der Waals surface area contributed by atoms with Gasteiger partial charge in [-0.05, 0) is 43.3 Å². The lowest BCUT2D eigenvalue weighted by atomic mass is 10.2. The van der Waals surface area contributed by atoms with Gasteiger partial charge >= 0.3 is 0 Å². The minimum Gasteiger partial charge on any atom is -0.374 e. The highest BCUT2D eigenvalue weighted by atomic mass is 15.1. The van der Waals surface area contributed by atoms with Crippen molar-refractivity contribution < 1.29 is 0 Å². The predicted molar refractivity (Wildman–Crippen MR) is 85.3 cm³/mol. The van der Waals surface area contributed by atoms with Crippen LogP contribution in [0.1, 0.15) is 12.0 Å². The zero-order valence-electron chi connectivity index (χ0n) is 12.3. The second kappa shape index (κ2) is 7.20. The van der Waals surface area contributed by atoms with E-state index >= 15 is 0 Å². The maximum Gasteiger partial charge on any atom is 0.0858 e. The Morgan fingerprint density at radius 1 is 0.952 bits per heavy atom. The summed E-state index contributed by atoms with van der Waals surface area (Å²) in [4.78, 5) is 2.05. The molecule has 4 nitrogen and oxygen atoms in total. The van der Waals surface area contributed by atoms with E-state index in [1.165, 1.54) is 5.56 Å². The Morgan fingerprint density at radius 2 is 1.48 bits per heavy atom. The summed E-state index contributed by atoms with van der Waals surface area (Å²) in [5.74, 6) is 0. The molecule has 2 aromatic rings. The van der Waals surface area contributed by atoms with Gasteiger partial charge < -0.3 is 4.90 Å². The third-order valence-corrected chi connectivity index (χ3v) is 3.16. The van der Waals surface area contributed by atoms with Crippen molar-refractivity contribution in [2.24, 2.45) is 10.2 Å². The summed E-state index contributed by atoms with van der Waals surface area (Å²) in [6.07, 6.45) is 0.519. The number of aryl methyl sites for hydroxylation is 1. The molecule has 4 heteroatoms. The molecule has 0 radical (unpaired) electrons. The highest BCUT2D eigenvalue weighted by Crippen LogP contribution is 2.22. The summed E-state index contributed by atoms with van der Waals surface area (Å²) >= 11 is 0. The summed E-state index contributed by atoms with van der Waals surface area (Å²) in [6.45, 7) is 2.77. The molecule has 2 aromatic carbocycles. The van der Waals surface area contributed by atoms with Crippen LogP contribution in [0.4, 0.5) is 17.1 Å². The second-order valence-corrected chi connectivity index (χ2v) is 4.88. The van der Waals surface area contributed by atoms with E-state index in [2.05, 4.69) is 16.3 Å². The van der Waals surface area contributed by atoms with Gasteiger partial charge in [-0.25, -0.2) is 0 Å². The van der Waals surface area contributed by atoms with Gasteiger partial charge in [0.05, 0.1) is 23.9 Å². The average Bonchev–Trinajstić information content (AvgIpc) is 2.52. The van der Waals surface area contributed by atoms with Gasteiger partial charge in [0.25, 0.3) is 0 Å². The Labute approximate surface area is 125 Å². The van der Waals surface area contributed by atoms with Crippen molar-refractivity contribution in [3.8, 4) is 6.07 Å². The second-order valence-electron chi connectivity index (χ2n) is 4.88. The summed E-state index contributed by atoms with van der Waals surface area (Å²) in [5.41, 5.74) is 3.93. The minimum atomic E-state index is 0.519. The van der Waals surface area contributed by atoms with Crippen molar-refractivity contribution >= 4 is 17.1 Å². The van der Waals surface area contributed by atoms with Crippen molar-refractivity contribution in [2.75, 3.05) is 18.5 Å². The van der Waals surface area contributed by atoms with Gasteiger partial charge in [0.1, 0.15) is 0 Å². The molecule has 0 atom stereocenters. The largest absolute Gasteiger partial charge is 0.374 e. The maximum absolute atomic E-state index is 8.60. The van der Waals surface area contributed by atoms with Crippen LogP contribution in [0.5, 0.6) is 0 Å². The molecule has 0 spiro atoms. The smallest absolute Gasteiger partial charge is 0.0858 e. The highest BCUT2D eigenvalue weighted by Gasteiger charge is 2.00. The van der Waals surface area contributed by atoms with E-state index in [9.17, 15) is 0 Å². The lowest BCUT2D eigenvalue weighted by Gasteiger charge is -2.17. The van der Waals surface area contributed by atoms with Gasteiger partial charge in [-0.1, -0.05) is 17.7 Å². The van der Waals surface area contributed by atoms with E-state index in [0.717, 1.165) is 23.6 Å². The fourth-order valence-corrected chi connectivity index (χ4v) is 1.85. The molecule has 21 heavy (non-hydrogen) atoms. The van der Waals surface area contributed by atoms with Gasteiger partial charge in [-0.3, -0.25) is 0 Å². The number of rotatable bonds is 5. The average molecular weight is 278 g/mol. The monoisotopic (exact) mass is 278 g/mol. The van der Waals surface area contributed by atoms with Crippen LogP contribution in [0.25, 0.3) is 0 Å². The van der Waals surface area contributed by atoms with Crippen molar-refractivity contribution in [2.45, 2.75) is 13.3 Å². The number of anilines is 1. The van der Waals surface area contributed by atoms with E-state index in [1.807, 2.05) is 67.4 Å². The summed E-state index contributed by atoms with van der Waals surface area (Å²) in [6, 6.07) is 17.9. The molecule has 0 aliphatic carbocycles. The van der Waals surface area contributed by atoms with Crippen molar-refractivity contribution in [1.29, 1.82) is 5.26 Å². The van der Waals surface area contributed by atoms with Crippen LogP contribution in [0.2, 0.25) is 0 Å². The fraction of sp³-hybridized carbons (Fsp3) is 0.235. The number of hydrogen-bond donors (Lipinski definition) is 0. The molecular weight excluding hydrogens is 260 g/mol. The van der Waals surface area contributed by atoms with Crippen LogP contribution in [0, 0.1) is 18.3 Å². The van der Waals surface area contributed by atoms with E-state index in [1.54, 1.807) is 0 Å². The zero-order valence-corrected chi connectivity index (χ0v) is 12.3. The van der Waals surface area contributed by atoms with Crippen molar-refractivity contribution in [3.63, 3.8) is 0 Å². The van der Waals surface area contributed by atoms with Gasteiger partial charge in [-0.15, -0.1) is 0 Å². The number of azo groups is 1. The highest BCUT2D eigenvalue weighted by molar-refractivity contribution is 5.52. The van der Waals surface area contributed by atoms with Gasteiger partial charge in [0, 0.05) is 19.3 Å². The Hall–Kier alpha value is -2.67. The molecular formula is C17H18N4. The molecule has 0 unspecified atom stereocenters. The SMILES string of the molecule is Cc1ccc(N=Nc2ccc(N(C)CCC#N)cc2)cc1. The maximum atomic E-state index is 8.60. The molecule has 0 aromatic heterocycles. The Balaban J connectivity index is 2.02. The van der Waals surface area contributed by atoms with Crippen LogP contribution in [0.15, 0.2) is 58.8 Å². The first-order valence-electron chi connectivity index (χ1n) is 6.85. The molecule has 0 saturated heterocycles. The van der Waals surface area contributed by atoms with Crippen molar-refractivity contribution in [1.82, 2.24) is 0 Å². The standard InChI is InChI=1S/C17H18N4/c1-14-4-6-15(7-5-14)19-20-16-8-10-17(11-9-16)21(2)13-3-12-18/h4-11H,3,13H2,1-2H3. The Kier molecular flexibility index (Phi) is 5.05. The quantitative estimate of drug-likeness (QED) is 0.740. The van der Waals surface area contributed by atoms with Crippen LogP contribution < -0.4 is 4.90 Å². The van der Waals surface area contributed by atoms with Crippen LogP contribution in [0.3, 0.4) is 0 Å². The lowest BCUT2D eigenvalue weighted by Crippen LogP contribution is -2.17. The molecule has 0 saturated carbocycles. The number of nitriles is 1. The van der Waals surface area contributed by atoms with Crippen molar-refractivity contribution in [3.05, 3.63) is 54.1 Å². The number of hydrogen-bond acceptors (Lipinski definition) is 4. The van der Waals surface area contributed by atoms with E-state index in [4.69, 9.17) is 5.26 Å². The van der Waals surface area contributed by atoms with Gasteiger partial charge in [0.15, 0.2) is 0 Å². The molecule has 0 aliphatic rings. The van der Waals surface area contributed by atoms with E-state index in [0.29, 0.717) is 6.42 Å². The summed E-state index contributed by atoms with van der Waals surface area (Å²) in [7, 11) is 1.97. The van der Waals surface area contributed by atoms with E-state index < -0.39 is 0 Å². The van der Waals surface area contributed by atoms with E-state index in [-0.39, 0.29) is 0 Å². The number of benzene rings is 2. The normalized spacial score (nSPS) is 10.5. The zero-order chi connectivity index (χ0) is 15.1. The van der Waals surface area contributed by atoms with Crippen LogP contribution in [-0.2, 0) is 0 Å². The Morgan fingerprint density at radius 3 is 2.00 bits per heavy atom. The minimum absolute atomic E-state index is 0.519. The molecule has 0 N–H and O–H groups in total. The lowest BCUT2D eigenvalue weighted by molar-refractivity contribution is 0.905. The fourth-order valence-electron chi connectivity index (χ4n) is 1.85. The molecule has 0 aliphatic heterocycles. The molecule has 0 heterocycles. The van der Waals surface area contributed by atoms with Gasteiger partial charge in [0.2, 0.25) is 0 Å². The Bertz CT molecular complexity index is 636. The topological polar surface area (TPSA) is 51.8 Å². The molecule has 0 bridgehead atoms. The first-order chi connectivity index (χ1) is 10.2. The molecule has 106 valence electrons. The van der Waals surface area contributed by atoms with Gasteiger partial charge in [-0.2, -0.15) is 15.5 Å². The van der Waals surface area contributed by atoms with Crippen LogP contribution in [-0.4, -0.2) is 13.6 Å². The molecule has 0 fully saturated rings. The molecule has 0 amide bonds. The third kappa shape index (κ3) is 4.43. The summed E-state index contributed by atoms with van der Waals surface area (Å²) in [5, 5.41) is 17.0. The third-order valence-electron chi connectivity index (χ3n) is 3.16. The summed E-state index contributed by atoms with van der Waals surface area (Å²) < 4.78 is 0.